The normalized spacial score (nSPS) is 16.3. The molecule has 1 N–H and O–H groups in total. The van der Waals surface area contributed by atoms with E-state index in [1.54, 1.807) is 4.90 Å². The molecular weight excluding hydrogens is 152 g/mol. The van der Waals surface area contributed by atoms with E-state index in [0.29, 0.717) is 6.04 Å². The van der Waals surface area contributed by atoms with Crippen LogP contribution >= 0.6 is 0 Å². The van der Waals surface area contributed by atoms with E-state index in [9.17, 15) is 4.79 Å². The minimum Gasteiger partial charge on any atom is -0.326 e. The molecule has 1 aliphatic heterocycles. The van der Waals surface area contributed by atoms with Gasteiger partial charge in [0.2, 0.25) is 0 Å². The number of hydrogen-bond acceptors (Lipinski definition) is 2. The first-order chi connectivity index (χ1) is 5.79. The molecule has 1 heterocycles. The monoisotopic (exact) mass is 166 g/mol. The van der Waals surface area contributed by atoms with E-state index in [4.69, 9.17) is 6.42 Å². The van der Waals surface area contributed by atoms with Gasteiger partial charge >= 0.3 is 0 Å². The predicted molar refractivity (Wildman–Crippen MR) is 47.5 cm³/mol. The lowest BCUT2D eigenvalue weighted by molar-refractivity contribution is -0.128. The molecule has 1 fully saturated rings. The summed E-state index contributed by atoms with van der Waals surface area (Å²) in [5.41, 5.74) is 0. The maximum absolute atomic E-state index is 11.2. The molecule has 1 saturated heterocycles. The summed E-state index contributed by atoms with van der Waals surface area (Å²) in [6.07, 6.45) is 6.02. The second-order valence-electron chi connectivity index (χ2n) is 2.95. The van der Waals surface area contributed by atoms with Crippen molar-refractivity contribution in [3.8, 4) is 12.3 Å². The molecule has 0 aliphatic carbocycles. The Balaban J connectivity index is 2.48. The fourth-order valence-electron chi connectivity index (χ4n) is 1.27. The topological polar surface area (TPSA) is 32.3 Å². The Morgan fingerprint density at radius 2 is 2.42 bits per heavy atom. The van der Waals surface area contributed by atoms with Crippen molar-refractivity contribution < 1.29 is 4.79 Å². The SMILES string of the molecule is C#CC(=O)N(CCC)C1CNC1. The lowest BCUT2D eigenvalue weighted by Crippen LogP contribution is -2.58. The lowest BCUT2D eigenvalue weighted by atomic mass is 10.1. The number of rotatable bonds is 3. The molecule has 12 heavy (non-hydrogen) atoms. The van der Waals surface area contributed by atoms with Crippen LogP contribution in [0.25, 0.3) is 0 Å². The minimum atomic E-state index is -0.177. The molecule has 0 atom stereocenters. The summed E-state index contributed by atoms with van der Waals surface area (Å²) in [5.74, 6) is 1.98. The summed E-state index contributed by atoms with van der Waals surface area (Å²) in [6.45, 7) is 4.58. The molecule has 66 valence electrons. The van der Waals surface area contributed by atoms with Gasteiger partial charge in [-0.1, -0.05) is 6.92 Å². The molecule has 1 amide bonds. The van der Waals surface area contributed by atoms with Crippen molar-refractivity contribution >= 4 is 5.91 Å². The van der Waals surface area contributed by atoms with Gasteiger partial charge in [-0.3, -0.25) is 4.79 Å². The molecule has 0 spiro atoms. The van der Waals surface area contributed by atoms with Crippen molar-refractivity contribution in [2.75, 3.05) is 19.6 Å². The summed E-state index contributed by atoms with van der Waals surface area (Å²) < 4.78 is 0. The third-order valence-electron chi connectivity index (χ3n) is 2.05. The Labute approximate surface area is 73.1 Å². The standard InChI is InChI=1S/C9H14N2O/c1-3-5-11(9(12)4-2)8-6-10-7-8/h2,8,10H,3,5-7H2,1H3. The van der Waals surface area contributed by atoms with E-state index in [1.807, 2.05) is 6.92 Å². The van der Waals surface area contributed by atoms with Gasteiger partial charge in [0.25, 0.3) is 5.91 Å². The van der Waals surface area contributed by atoms with Gasteiger partial charge in [0.15, 0.2) is 0 Å². The smallest absolute Gasteiger partial charge is 0.298 e. The molecule has 1 aliphatic rings. The van der Waals surface area contributed by atoms with Crippen LogP contribution < -0.4 is 5.32 Å². The van der Waals surface area contributed by atoms with E-state index >= 15 is 0 Å². The maximum Gasteiger partial charge on any atom is 0.298 e. The number of carbonyl (C=O) groups excluding carboxylic acids is 1. The molecule has 0 aromatic carbocycles. The van der Waals surface area contributed by atoms with Crippen LogP contribution in [0.15, 0.2) is 0 Å². The molecule has 0 aromatic rings. The zero-order chi connectivity index (χ0) is 8.97. The second-order valence-corrected chi connectivity index (χ2v) is 2.95. The van der Waals surface area contributed by atoms with Crippen LogP contribution in [0, 0.1) is 12.3 Å². The van der Waals surface area contributed by atoms with E-state index in [-0.39, 0.29) is 5.91 Å². The van der Waals surface area contributed by atoms with Crippen molar-refractivity contribution in [1.82, 2.24) is 10.2 Å². The number of terminal acetylenes is 1. The Kier molecular flexibility index (Phi) is 3.12. The number of amides is 1. The van der Waals surface area contributed by atoms with Crippen LogP contribution in [0.2, 0.25) is 0 Å². The van der Waals surface area contributed by atoms with E-state index in [2.05, 4.69) is 11.2 Å². The summed E-state index contributed by atoms with van der Waals surface area (Å²) >= 11 is 0. The summed E-state index contributed by atoms with van der Waals surface area (Å²) in [4.78, 5) is 13.0. The number of carbonyl (C=O) groups is 1. The fourth-order valence-corrected chi connectivity index (χ4v) is 1.27. The van der Waals surface area contributed by atoms with Gasteiger partial charge < -0.3 is 10.2 Å². The largest absolute Gasteiger partial charge is 0.326 e. The summed E-state index contributed by atoms with van der Waals surface area (Å²) in [7, 11) is 0. The number of nitrogens with one attached hydrogen (secondary N) is 1. The Morgan fingerprint density at radius 1 is 1.75 bits per heavy atom. The van der Waals surface area contributed by atoms with Crippen LogP contribution in [0.5, 0.6) is 0 Å². The highest BCUT2D eigenvalue weighted by atomic mass is 16.2. The molecule has 0 bridgehead atoms. The first kappa shape index (κ1) is 9.08. The minimum absolute atomic E-state index is 0.177. The molecule has 1 rings (SSSR count). The molecule has 0 aromatic heterocycles. The van der Waals surface area contributed by atoms with Crippen LogP contribution in [0.3, 0.4) is 0 Å². The van der Waals surface area contributed by atoms with Gasteiger partial charge in [-0.25, -0.2) is 0 Å². The molecule has 0 radical (unpaired) electrons. The lowest BCUT2D eigenvalue weighted by Gasteiger charge is -2.36. The highest BCUT2D eigenvalue weighted by molar-refractivity contribution is 5.93. The fraction of sp³-hybridized carbons (Fsp3) is 0.667. The van der Waals surface area contributed by atoms with Gasteiger partial charge in [-0.2, -0.15) is 0 Å². The average molecular weight is 166 g/mol. The summed E-state index contributed by atoms with van der Waals surface area (Å²) in [6, 6.07) is 0.327. The Morgan fingerprint density at radius 3 is 2.75 bits per heavy atom. The second kappa shape index (κ2) is 4.13. The molecule has 3 heteroatoms. The third kappa shape index (κ3) is 1.77. The average Bonchev–Trinajstić information content (AvgIpc) is 1.99. The van der Waals surface area contributed by atoms with Crippen LogP contribution in [0.4, 0.5) is 0 Å². The highest BCUT2D eigenvalue weighted by Gasteiger charge is 2.26. The van der Waals surface area contributed by atoms with E-state index < -0.39 is 0 Å². The van der Waals surface area contributed by atoms with Crippen molar-refractivity contribution in [3.05, 3.63) is 0 Å². The summed E-state index contributed by atoms with van der Waals surface area (Å²) in [5, 5.41) is 3.12. The zero-order valence-corrected chi connectivity index (χ0v) is 7.34. The molecule has 0 saturated carbocycles. The van der Waals surface area contributed by atoms with Crippen LogP contribution in [-0.4, -0.2) is 36.5 Å². The molecule has 3 nitrogen and oxygen atoms in total. The van der Waals surface area contributed by atoms with Gasteiger partial charge in [0.05, 0.1) is 6.04 Å². The predicted octanol–water partition coefficient (Wildman–Crippen LogP) is -0.170. The highest BCUT2D eigenvalue weighted by Crippen LogP contribution is 2.05. The van der Waals surface area contributed by atoms with Gasteiger partial charge in [0.1, 0.15) is 0 Å². The van der Waals surface area contributed by atoms with Crippen molar-refractivity contribution in [2.45, 2.75) is 19.4 Å². The molecular formula is C9H14N2O. The van der Waals surface area contributed by atoms with Gasteiger partial charge in [-0.15, -0.1) is 6.42 Å². The van der Waals surface area contributed by atoms with Crippen molar-refractivity contribution in [1.29, 1.82) is 0 Å². The van der Waals surface area contributed by atoms with E-state index in [0.717, 1.165) is 26.1 Å². The van der Waals surface area contributed by atoms with E-state index in [1.165, 1.54) is 0 Å². The quantitative estimate of drug-likeness (QED) is 0.590. The number of hydrogen-bond donors (Lipinski definition) is 1. The Hall–Kier alpha value is -1.01. The number of nitrogens with zero attached hydrogens (tertiary/aromatic N) is 1. The third-order valence-corrected chi connectivity index (χ3v) is 2.05. The van der Waals surface area contributed by atoms with Gasteiger partial charge in [-0.05, 0) is 12.3 Å². The van der Waals surface area contributed by atoms with Crippen LogP contribution in [-0.2, 0) is 4.79 Å². The Bertz CT molecular complexity index is 203. The van der Waals surface area contributed by atoms with Gasteiger partial charge in [0, 0.05) is 19.6 Å². The maximum atomic E-state index is 11.2. The first-order valence-corrected chi connectivity index (χ1v) is 4.27. The van der Waals surface area contributed by atoms with Crippen molar-refractivity contribution in [3.63, 3.8) is 0 Å². The zero-order valence-electron chi connectivity index (χ0n) is 7.34. The van der Waals surface area contributed by atoms with Crippen LogP contribution in [0.1, 0.15) is 13.3 Å². The molecule has 0 unspecified atom stereocenters. The first-order valence-electron chi connectivity index (χ1n) is 4.27. The van der Waals surface area contributed by atoms with Crippen molar-refractivity contribution in [2.24, 2.45) is 0 Å².